The van der Waals surface area contributed by atoms with Crippen LogP contribution in [0.5, 0.6) is 0 Å². The summed E-state index contributed by atoms with van der Waals surface area (Å²) in [5.74, 6) is 0.528. The minimum atomic E-state index is -3.49. The maximum Gasteiger partial charge on any atom is 0.241 e. The molecule has 20 heavy (non-hydrogen) atoms. The Balaban J connectivity index is 2.13. The van der Waals surface area contributed by atoms with Gasteiger partial charge in [0.25, 0.3) is 0 Å². The fourth-order valence-corrected chi connectivity index (χ4v) is 4.09. The van der Waals surface area contributed by atoms with E-state index in [0.717, 1.165) is 16.9 Å². The van der Waals surface area contributed by atoms with E-state index in [4.69, 9.17) is 11.6 Å². The number of aryl methyl sites for hydroxylation is 1. The van der Waals surface area contributed by atoms with E-state index < -0.39 is 10.0 Å². The monoisotopic (exact) mass is 329 g/mol. The first kappa shape index (κ1) is 15.5. The summed E-state index contributed by atoms with van der Waals surface area (Å²) in [6, 6.07) is 10.4. The molecule has 108 valence electrons. The summed E-state index contributed by atoms with van der Waals surface area (Å²) >= 11 is 7.20. The molecule has 0 spiro atoms. The highest BCUT2D eigenvalue weighted by molar-refractivity contribution is 7.89. The van der Waals surface area contributed by atoms with E-state index in [-0.39, 0.29) is 10.9 Å². The van der Waals surface area contributed by atoms with E-state index in [1.165, 1.54) is 11.3 Å². The number of alkyl halides is 1. The smallest absolute Gasteiger partial charge is 0.207 e. The normalized spacial score (nSPS) is 13.3. The van der Waals surface area contributed by atoms with E-state index in [1.54, 1.807) is 24.3 Å². The van der Waals surface area contributed by atoms with Gasteiger partial charge in [-0.25, -0.2) is 13.1 Å². The highest BCUT2D eigenvalue weighted by Crippen LogP contribution is 2.21. The van der Waals surface area contributed by atoms with Crippen LogP contribution in [0, 0.1) is 0 Å². The second kappa shape index (κ2) is 6.72. The second-order valence-electron chi connectivity index (χ2n) is 4.44. The average Bonchev–Trinajstić information content (AvgIpc) is 2.93. The summed E-state index contributed by atoms with van der Waals surface area (Å²) in [6.45, 7) is 1.84. The molecule has 1 atom stereocenters. The first-order chi connectivity index (χ1) is 9.53. The van der Waals surface area contributed by atoms with E-state index >= 15 is 0 Å². The second-order valence-corrected chi connectivity index (χ2v) is 7.51. The maximum absolute atomic E-state index is 12.3. The van der Waals surface area contributed by atoms with Crippen LogP contribution in [0.4, 0.5) is 0 Å². The van der Waals surface area contributed by atoms with Gasteiger partial charge in [-0.3, -0.25) is 0 Å². The van der Waals surface area contributed by atoms with Crippen molar-refractivity contribution in [2.24, 2.45) is 0 Å². The van der Waals surface area contributed by atoms with Gasteiger partial charge in [0.1, 0.15) is 0 Å². The van der Waals surface area contributed by atoms with Gasteiger partial charge >= 0.3 is 0 Å². The van der Waals surface area contributed by atoms with Crippen molar-refractivity contribution < 1.29 is 8.42 Å². The molecule has 0 bridgehead atoms. The molecule has 0 saturated carbocycles. The van der Waals surface area contributed by atoms with Gasteiger partial charge < -0.3 is 0 Å². The average molecular weight is 330 g/mol. The number of sulfonamides is 1. The Labute approximate surface area is 128 Å². The highest BCUT2D eigenvalue weighted by Gasteiger charge is 2.18. The predicted octanol–water partition coefficient (Wildman–Crippen LogP) is 3.57. The van der Waals surface area contributed by atoms with E-state index in [1.807, 2.05) is 24.4 Å². The summed E-state index contributed by atoms with van der Waals surface area (Å²) in [5, 5.41) is 1.93. The van der Waals surface area contributed by atoms with Crippen LogP contribution < -0.4 is 4.72 Å². The number of hydrogen-bond acceptors (Lipinski definition) is 3. The molecule has 2 aromatic rings. The number of halogens is 1. The number of nitrogens with one attached hydrogen (secondary N) is 1. The van der Waals surface area contributed by atoms with Gasteiger partial charge in [-0.05, 0) is 42.5 Å². The molecular formula is C14H16ClNO2S2. The fourth-order valence-electron chi connectivity index (χ4n) is 1.84. The topological polar surface area (TPSA) is 46.2 Å². The molecule has 6 heteroatoms. The molecule has 0 radical (unpaired) electrons. The predicted molar refractivity (Wildman–Crippen MR) is 83.9 cm³/mol. The Hall–Kier alpha value is -0.880. The molecule has 0 aliphatic carbocycles. The summed E-state index contributed by atoms with van der Waals surface area (Å²) in [6.07, 6.45) is 0.737. The molecule has 2 rings (SSSR count). The summed E-state index contributed by atoms with van der Waals surface area (Å²) in [5.41, 5.74) is 1.03. The van der Waals surface area contributed by atoms with Crippen LogP contribution in [0.1, 0.15) is 23.4 Å². The fraction of sp³-hybridized carbons (Fsp3) is 0.286. The van der Waals surface area contributed by atoms with E-state index in [2.05, 4.69) is 4.72 Å². The Morgan fingerprint density at radius 2 is 1.95 bits per heavy atom. The van der Waals surface area contributed by atoms with Gasteiger partial charge in [0.2, 0.25) is 10.0 Å². The third kappa shape index (κ3) is 3.82. The Morgan fingerprint density at radius 3 is 2.50 bits per heavy atom. The van der Waals surface area contributed by atoms with Gasteiger partial charge in [0, 0.05) is 10.8 Å². The number of rotatable bonds is 6. The van der Waals surface area contributed by atoms with Crippen molar-refractivity contribution >= 4 is 33.0 Å². The van der Waals surface area contributed by atoms with Crippen molar-refractivity contribution in [3.05, 3.63) is 52.2 Å². The molecule has 1 N–H and O–H groups in total. The highest BCUT2D eigenvalue weighted by atomic mass is 35.5. The number of thiophene rings is 1. The van der Waals surface area contributed by atoms with E-state index in [9.17, 15) is 8.42 Å². The molecular weight excluding hydrogens is 314 g/mol. The lowest BCUT2D eigenvalue weighted by molar-refractivity contribution is 0.568. The number of benzene rings is 1. The lowest BCUT2D eigenvalue weighted by atomic mass is 10.2. The summed E-state index contributed by atoms with van der Waals surface area (Å²) in [4.78, 5) is 1.27. The zero-order valence-corrected chi connectivity index (χ0v) is 13.4. The van der Waals surface area contributed by atoms with Crippen LogP contribution >= 0.6 is 22.9 Å². The Kier molecular flexibility index (Phi) is 5.21. The largest absolute Gasteiger partial charge is 0.241 e. The van der Waals surface area contributed by atoms with Crippen LogP contribution in [0.2, 0.25) is 0 Å². The molecule has 1 aromatic heterocycles. The molecule has 0 unspecified atom stereocenters. The third-order valence-electron chi connectivity index (χ3n) is 2.92. The van der Waals surface area contributed by atoms with Gasteiger partial charge in [-0.15, -0.1) is 22.9 Å². The molecule has 0 saturated heterocycles. The van der Waals surface area contributed by atoms with Gasteiger partial charge in [0.05, 0.1) is 10.9 Å². The molecule has 3 nitrogen and oxygen atoms in total. The minimum Gasteiger partial charge on any atom is -0.207 e. The van der Waals surface area contributed by atoms with Gasteiger partial charge in [0.15, 0.2) is 0 Å². The Bertz CT molecular complexity index is 636. The van der Waals surface area contributed by atoms with Crippen LogP contribution in [0.25, 0.3) is 0 Å². The molecule has 0 aliphatic rings. The van der Waals surface area contributed by atoms with Crippen molar-refractivity contribution in [3.63, 3.8) is 0 Å². The first-order valence-electron chi connectivity index (χ1n) is 6.23. The van der Waals surface area contributed by atoms with Crippen molar-refractivity contribution in [2.45, 2.75) is 24.3 Å². The molecule has 1 aromatic carbocycles. The molecule has 0 amide bonds. The Morgan fingerprint density at radius 1 is 1.25 bits per heavy atom. The van der Waals surface area contributed by atoms with Gasteiger partial charge in [-0.2, -0.15) is 0 Å². The first-order valence-corrected chi connectivity index (χ1v) is 9.13. The van der Waals surface area contributed by atoms with Gasteiger partial charge in [-0.1, -0.05) is 18.2 Å². The molecule has 1 heterocycles. The summed E-state index contributed by atoms with van der Waals surface area (Å²) in [7, 11) is -3.49. The van der Waals surface area contributed by atoms with Crippen LogP contribution in [0.15, 0.2) is 46.7 Å². The third-order valence-corrected chi connectivity index (χ3v) is 5.72. The van der Waals surface area contributed by atoms with Crippen molar-refractivity contribution in [2.75, 3.05) is 5.88 Å². The maximum atomic E-state index is 12.3. The quantitative estimate of drug-likeness (QED) is 0.823. The van der Waals surface area contributed by atoms with E-state index in [0.29, 0.717) is 5.88 Å². The molecule has 0 aliphatic heterocycles. The lowest BCUT2D eigenvalue weighted by Gasteiger charge is -2.13. The van der Waals surface area contributed by atoms with Crippen molar-refractivity contribution in [3.8, 4) is 0 Å². The van der Waals surface area contributed by atoms with Crippen molar-refractivity contribution in [1.82, 2.24) is 4.72 Å². The SMILES string of the molecule is C[C@@H](NS(=O)(=O)c1ccc(CCCl)cc1)c1cccs1. The van der Waals surface area contributed by atoms with Crippen LogP contribution in [0.3, 0.4) is 0 Å². The standard InChI is InChI=1S/C14H16ClNO2S2/c1-11(14-3-2-10-19-14)16-20(17,18)13-6-4-12(5-7-13)8-9-15/h2-7,10-11,16H,8-9H2,1H3/t11-/m1/s1. The zero-order chi connectivity index (χ0) is 14.6. The lowest BCUT2D eigenvalue weighted by Crippen LogP contribution is -2.26. The zero-order valence-electron chi connectivity index (χ0n) is 11.0. The molecule has 0 fully saturated rings. The van der Waals surface area contributed by atoms with Crippen molar-refractivity contribution in [1.29, 1.82) is 0 Å². The van der Waals surface area contributed by atoms with Crippen LogP contribution in [-0.2, 0) is 16.4 Å². The summed E-state index contributed by atoms with van der Waals surface area (Å²) < 4.78 is 27.2. The number of hydrogen-bond donors (Lipinski definition) is 1. The minimum absolute atomic E-state index is 0.234. The van der Waals surface area contributed by atoms with Crippen LogP contribution in [-0.4, -0.2) is 14.3 Å².